The monoisotopic (exact) mass is 487 g/mol. The van der Waals surface area contributed by atoms with Crippen LogP contribution in [0.1, 0.15) is 41.5 Å². The molecule has 8 heteroatoms. The zero-order valence-electron chi connectivity index (χ0n) is 20.1. The van der Waals surface area contributed by atoms with Gasteiger partial charge in [0.25, 0.3) is 0 Å². The van der Waals surface area contributed by atoms with Crippen molar-refractivity contribution >= 4 is 17.6 Å². The second kappa shape index (κ2) is 12.6. The number of nitrogens with zero attached hydrogens (tertiary/aromatic N) is 1. The van der Waals surface area contributed by atoms with Gasteiger partial charge in [0.05, 0.1) is 18.6 Å². The summed E-state index contributed by atoms with van der Waals surface area (Å²) in [5.41, 5.74) is 17.3. The van der Waals surface area contributed by atoms with Crippen molar-refractivity contribution in [2.45, 2.75) is 30.3 Å². The number of ketones is 1. The maximum Gasteiger partial charge on any atom is 0.245 e. The summed E-state index contributed by atoms with van der Waals surface area (Å²) in [6.45, 7) is -0.135. The van der Waals surface area contributed by atoms with Crippen LogP contribution in [0.25, 0.3) is 0 Å². The number of nitrogens with two attached hydrogens (primary N) is 3. The molecule has 3 rings (SSSR count). The molecule has 2 atom stereocenters. The number of hydrogen-bond acceptors (Lipinski definition) is 5. The van der Waals surface area contributed by atoms with E-state index in [2.05, 4.69) is 10.3 Å². The zero-order valence-corrected chi connectivity index (χ0v) is 20.1. The van der Waals surface area contributed by atoms with Crippen LogP contribution in [0.15, 0.2) is 96.0 Å². The van der Waals surface area contributed by atoms with Crippen molar-refractivity contribution in [2.24, 2.45) is 22.2 Å². The van der Waals surface area contributed by atoms with Crippen molar-refractivity contribution in [1.82, 2.24) is 5.32 Å². The molecule has 0 radical (unpaired) electrons. The normalized spacial score (nSPS) is 13.5. The molecule has 36 heavy (non-hydrogen) atoms. The lowest BCUT2D eigenvalue weighted by atomic mass is 9.75. The third kappa shape index (κ3) is 6.35. The average molecular weight is 488 g/mol. The Morgan fingerprint density at radius 3 is 1.69 bits per heavy atom. The van der Waals surface area contributed by atoms with Crippen LogP contribution in [0.3, 0.4) is 0 Å². The van der Waals surface area contributed by atoms with Gasteiger partial charge in [-0.15, -0.1) is 0 Å². The largest absolute Gasteiger partial charge is 0.394 e. The molecule has 8 nitrogen and oxygen atoms in total. The second-order valence-corrected chi connectivity index (χ2v) is 8.59. The number of aliphatic hydroxyl groups excluding tert-OH is 1. The Morgan fingerprint density at radius 1 is 0.806 bits per heavy atom. The first-order valence-corrected chi connectivity index (χ1v) is 11.8. The molecule has 0 heterocycles. The summed E-state index contributed by atoms with van der Waals surface area (Å²) >= 11 is 0. The van der Waals surface area contributed by atoms with Crippen LogP contribution >= 0.6 is 0 Å². The molecular weight excluding hydrogens is 454 g/mol. The average Bonchev–Trinajstić information content (AvgIpc) is 2.90. The van der Waals surface area contributed by atoms with E-state index < -0.39 is 29.2 Å². The number of primary amides is 1. The summed E-state index contributed by atoms with van der Waals surface area (Å²) in [4.78, 5) is 31.7. The highest BCUT2D eigenvalue weighted by molar-refractivity contribution is 6.13. The van der Waals surface area contributed by atoms with E-state index in [1.807, 2.05) is 91.0 Å². The van der Waals surface area contributed by atoms with Crippen molar-refractivity contribution in [3.8, 4) is 0 Å². The Hall–Kier alpha value is -4.01. The fraction of sp³-hybridized carbons (Fsp3) is 0.250. The van der Waals surface area contributed by atoms with Crippen molar-refractivity contribution in [3.63, 3.8) is 0 Å². The van der Waals surface area contributed by atoms with Gasteiger partial charge in [-0.1, -0.05) is 91.0 Å². The molecule has 3 aromatic rings. The SMILES string of the molecule is NC(=O)[C@](CCCN=C(N)N)(NC(CO)c1ccccc1)C(=O)C(c1ccccc1)c1ccccc1. The van der Waals surface area contributed by atoms with Crippen LogP contribution < -0.4 is 22.5 Å². The van der Waals surface area contributed by atoms with E-state index in [1.165, 1.54) is 0 Å². The first-order chi connectivity index (χ1) is 17.4. The molecule has 0 aliphatic rings. The highest BCUT2D eigenvalue weighted by Gasteiger charge is 2.48. The molecule has 188 valence electrons. The number of benzene rings is 3. The second-order valence-electron chi connectivity index (χ2n) is 8.59. The summed E-state index contributed by atoms with van der Waals surface area (Å²) in [5.74, 6) is -2.09. The van der Waals surface area contributed by atoms with E-state index in [4.69, 9.17) is 17.2 Å². The minimum Gasteiger partial charge on any atom is -0.394 e. The molecule has 3 aromatic carbocycles. The van der Waals surface area contributed by atoms with Gasteiger partial charge in [0, 0.05) is 6.54 Å². The molecule has 8 N–H and O–H groups in total. The minimum absolute atomic E-state index is 0.0391. The predicted octanol–water partition coefficient (Wildman–Crippen LogP) is 1.99. The van der Waals surface area contributed by atoms with Crippen LogP contribution in [0.2, 0.25) is 0 Å². The van der Waals surface area contributed by atoms with Crippen LogP contribution in [0.4, 0.5) is 0 Å². The number of aliphatic imine (C=N–C) groups is 1. The van der Waals surface area contributed by atoms with Gasteiger partial charge >= 0.3 is 0 Å². The highest BCUT2D eigenvalue weighted by atomic mass is 16.3. The number of guanidine groups is 1. The number of nitrogens with one attached hydrogen (secondary N) is 1. The summed E-state index contributed by atoms with van der Waals surface area (Å²) in [6.07, 6.45) is 0.347. The highest BCUT2D eigenvalue weighted by Crippen LogP contribution is 2.33. The van der Waals surface area contributed by atoms with Crippen molar-refractivity contribution < 1.29 is 14.7 Å². The number of rotatable bonds is 13. The topological polar surface area (TPSA) is 157 Å². The molecule has 0 fully saturated rings. The Labute approximate surface area is 211 Å². The summed E-state index contributed by atoms with van der Waals surface area (Å²) in [6, 6.07) is 26.9. The van der Waals surface area contributed by atoms with Gasteiger partial charge in [-0.05, 0) is 29.5 Å². The predicted molar refractivity (Wildman–Crippen MR) is 141 cm³/mol. The fourth-order valence-electron chi connectivity index (χ4n) is 4.38. The fourth-order valence-corrected chi connectivity index (χ4v) is 4.38. The third-order valence-corrected chi connectivity index (χ3v) is 6.18. The van der Waals surface area contributed by atoms with Crippen LogP contribution in [0.5, 0.6) is 0 Å². The lowest BCUT2D eigenvalue weighted by Crippen LogP contribution is -2.63. The lowest BCUT2D eigenvalue weighted by Gasteiger charge is -2.37. The molecule has 0 saturated heterocycles. The molecule has 1 amide bonds. The Balaban J connectivity index is 2.11. The van der Waals surface area contributed by atoms with Gasteiger partial charge in [0.1, 0.15) is 0 Å². The van der Waals surface area contributed by atoms with Gasteiger partial charge in [-0.25, -0.2) is 0 Å². The van der Waals surface area contributed by atoms with Crippen molar-refractivity contribution in [3.05, 3.63) is 108 Å². The van der Waals surface area contributed by atoms with Crippen LogP contribution in [-0.4, -0.2) is 41.4 Å². The first kappa shape index (κ1) is 26.6. The van der Waals surface area contributed by atoms with Gasteiger partial charge in [-0.2, -0.15) is 0 Å². The molecule has 0 aliphatic carbocycles. The maximum absolute atomic E-state index is 14.5. The zero-order chi connectivity index (χ0) is 26.0. The van der Waals surface area contributed by atoms with Gasteiger partial charge < -0.3 is 22.3 Å². The molecule has 0 aliphatic heterocycles. The van der Waals surface area contributed by atoms with Gasteiger partial charge in [0.15, 0.2) is 17.3 Å². The lowest BCUT2D eigenvalue weighted by molar-refractivity contribution is -0.137. The van der Waals surface area contributed by atoms with Crippen LogP contribution in [-0.2, 0) is 9.59 Å². The van der Waals surface area contributed by atoms with Gasteiger partial charge in [-0.3, -0.25) is 19.9 Å². The molecule has 0 spiro atoms. The van der Waals surface area contributed by atoms with E-state index in [0.717, 1.165) is 16.7 Å². The Bertz CT molecular complexity index is 1110. The smallest absolute Gasteiger partial charge is 0.245 e. The summed E-state index contributed by atoms with van der Waals surface area (Å²) < 4.78 is 0. The number of amides is 1. The minimum atomic E-state index is -1.81. The van der Waals surface area contributed by atoms with E-state index >= 15 is 0 Å². The molecule has 0 saturated carbocycles. The summed E-state index contributed by atoms with van der Waals surface area (Å²) in [5, 5.41) is 13.4. The molecular formula is C28H33N5O3. The standard InChI is InChI=1S/C28H33N5O3/c29-26(36)28(17-10-18-32-27(30)31,33-23(19-34)20-11-4-1-5-12-20)25(35)24(21-13-6-2-7-14-21)22-15-8-3-9-16-22/h1-9,11-16,23-24,33-34H,10,17-19H2,(H2,29,36)(H4,30,31,32)/t23?,28-/m1/s1. The third-order valence-electron chi connectivity index (χ3n) is 6.18. The van der Waals surface area contributed by atoms with E-state index in [0.29, 0.717) is 6.42 Å². The van der Waals surface area contributed by atoms with E-state index in [9.17, 15) is 14.7 Å². The van der Waals surface area contributed by atoms with Crippen molar-refractivity contribution in [2.75, 3.05) is 13.2 Å². The Kier molecular flexibility index (Phi) is 9.32. The van der Waals surface area contributed by atoms with E-state index in [1.54, 1.807) is 0 Å². The van der Waals surface area contributed by atoms with Gasteiger partial charge in [0.2, 0.25) is 5.91 Å². The van der Waals surface area contributed by atoms with E-state index in [-0.39, 0.29) is 25.5 Å². The summed E-state index contributed by atoms with van der Waals surface area (Å²) in [7, 11) is 0. The molecule has 0 bridgehead atoms. The maximum atomic E-state index is 14.5. The van der Waals surface area contributed by atoms with Crippen LogP contribution in [0, 0.1) is 0 Å². The van der Waals surface area contributed by atoms with Crippen molar-refractivity contribution in [1.29, 1.82) is 0 Å². The number of Topliss-reactive ketones (excluding diaryl/α,β-unsaturated/α-hetero) is 1. The molecule has 1 unspecified atom stereocenters. The quantitative estimate of drug-likeness (QED) is 0.107. The number of aliphatic hydroxyl groups is 1. The number of carbonyl (C=O) groups excluding carboxylic acids is 2. The Morgan fingerprint density at radius 2 is 1.28 bits per heavy atom. The number of hydrogen-bond donors (Lipinski definition) is 5. The number of carbonyl (C=O) groups is 2. The molecule has 0 aromatic heterocycles. The first-order valence-electron chi connectivity index (χ1n) is 11.8.